The molecule has 50 valence electrons. The minimum atomic E-state index is -3.70. The summed E-state index contributed by atoms with van der Waals surface area (Å²) in [5.74, 6) is 0. The van der Waals surface area contributed by atoms with Gasteiger partial charge in [0.1, 0.15) is 0 Å². The van der Waals surface area contributed by atoms with Crippen molar-refractivity contribution in [2.45, 2.75) is 5.32 Å². The molecule has 3 N–H and O–H groups in total. The van der Waals surface area contributed by atoms with E-state index in [9.17, 15) is 8.42 Å². The van der Waals surface area contributed by atoms with E-state index in [1.54, 1.807) is 0 Å². The van der Waals surface area contributed by atoms with Crippen LogP contribution >= 0.6 is 0 Å². The van der Waals surface area contributed by atoms with E-state index in [-0.39, 0.29) is 0 Å². The molecule has 8 heavy (non-hydrogen) atoms. The Morgan fingerprint density at radius 2 is 2.12 bits per heavy atom. The zero-order valence-electron chi connectivity index (χ0n) is 4.07. The monoisotopic (exact) mass is 205 g/mol. The first-order valence-corrected chi connectivity index (χ1v) is 6.55. The van der Waals surface area contributed by atoms with Crippen molar-refractivity contribution in [3.8, 4) is 0 Å². The summed E-state index contributed by atoms with van der Waals surface area (Å²) in [7, 11) is -3.70. The normalized spacial score (nSPS) is 11.8. The molecule has 0 atom stereocenters. The van der Waals surface area contributed by atoms with Crippen molar-refractivity contribution in [1.82, 2.24) is 0 Å². The standard InChI is InChI=1S/C2H7NO3SSe/c3-1-2-8-7(4,5)6/h1-3H2,(H,4,5,6). The zero-order valence-corrected chi connectivity index (χ0v) is 6.60. The molecule has 0 aromatic rings. The Bertz CT molecular complexity index is 141. The van der Waals surface area contributed by atoms with Crippen molar-refractivity contribution in [2.24, 2.45) is 5.73 Å². The van der Waals surface area contributed by atoms with Crippen LogP contribution in [0.5, 0.6) is 0 Å². The third-order valence-electron chi connectivity index (χ3n) is 0.350. The molecule has 0 spiro atoms. The van der Waals surface area contributed by atoms with Crippen LogP contribution in [0.4, 0.5) is 0 Å². The Morgan fingerprint density at radius 1 is 1.62 bits per heavy atom. The van der Waals surface area contributed by atoms with Crippen LogP contribution in [0.3, 0.4) is 0 Å². The maximum atomic E-state index is 9.92. The molecule has 6 heteroatoms. The third-order valence-corrected chi connectivity index (χ3v) is 4.23. The second kappa shape index (κ2) is 3.42. The van der Waals surface area contributed by atoms with Gasteiger partial charge in [0.05, 0.1) is 0 Å². The number of rotatable bonds is 3. The number of nitrogens with two attached hydrogens (primary N) is 1. The molecule has 0 amide bonds. The van der Waals surface area contributed by atoms with Gasteiger partial charge in [-0.25, -0.2) is 0 Å². The van der Waals surface area contributed by atoms with Gasteiger partial charge in [0.25, 0.3) is 0 Å². The summed E-state index contributed by atoms with van der Waals surface area (Å²) in [6.07, 6.45) is 0. The maximum absolute atomic E-state index is 9.92. The topological polar surface area (TPSA) is 80.4 Å². The van der Waals surface area contributed by atoms with Gasteiger partial charge in [-0.3, -0.25) is 0 Å². The van der Waals surface area contributed by atoms with E-state index in [0.29, 0.717) is 11.9 Å². The van der Waals surface area contributed by atoms with Crippen molar-refractivity contribution in [1.29, 1.82) is 0 Å². The summed E-state index contributed by atoms with van der Waals surface area (Å²) in [4.78, 5) is 0. The average Bonchev–Trinajstić information content (AvgIpc) is 1.59. The van der Waals surface area contributed by atoms with Crippen LogP contribution in [0.2, 0.25) is 5.32 Å². The molecule has 0 aliphatic heterocycles. The molecule has 0 aliphatic carbocycles. The summed E-state index contributed by atoms with van der Waals surface area (Å²) >= 11 is -0.734. The molecule has 0 aromatic heterocycles. The Hall–Kier alpha value is 0.389. The Balaban J connectivity index is 3.42. The van der Waals surface area contributed by atoms with Crippen LogP contribution in [0.25, 0.3) is 0 Å². The molecule has 0 radical (unpaired) electrons. The summed E-state index contributed by atoms with van der Waals surface area (Å²) in [6.45, 7) is 0.319. The van der Waals surface area contributed by atoms with Gasteiger partial charge in [-0.1, -0.05) is 0 Å². The van der Waals surface area contributed by atoms with Crippen molar-refractivity contribution >= 4 is 22.4 Å². The van der Waals surface area contributed by atoms with E-state index in [0.717, 1.165) is 0 Å². The second-order valence-electron chi connectivity index (χ2n) is 1.04. The van der Waals surface area contributed by atoms with Crippen molar-refractivity contribution in [2.75, 3.05) is 6.54 Å². The third kappa shape index (κ3) is 6.39. The molecule has 0 heterocycles. The molecule has 0 bridgehead atoms. The van der Waals surface area contributed by atoms with Crippen molar-refractivity contribution < 1.29 is 13.0 Å². The van der Waals surface area contributed by atoms with E-state index in [1.807, 2.05) is 0 Å². The SMILES string of the molecule is NCC[Se]S(=O)(=O)O. The van der Waals surface area contributed by atoms with Gasteiger partial charge >= 0.3 is 52.9 Å². The molecule has 0 saturated heterocycles. The van der Waals surface area contributed by atoms with Crippen molar-refractivity contribution in [3.05, 3.63) is 0 Å². The predicted molar refractivity (Wildman–Crippen MR) is 31.2 cm³/mol. The molecule has 0 unspecified atom stereocenters. The van der Waals surface area contributed by atoms with Gasteiger partial charge in [0.2, 0.25) is 0 Å². The molecule has 0 saturated carbocycles. The summed E-state index contributed by atoms with van der Waals surface area (Å²) < 4.78 is 27.9. The minimum absolute atomic E-state index is 0.319. The zero-order chi connectivity index (χ0) is 6.62. The Labute approximate surface area is 53.4 Å². The Kier molecular flexibility index (Phi) is 3.59. The first-order chi connectivity index (χ1) is 3.56. The first kappa shape index (κ1) is 8.39. The van der Waals surface area contributed by atoms with E-state index in [1.165, 1.54) is 0 Å². The molecular formula is C2H7NO3SSe. The quantitative estimate of drug-likeness (QED) is 0.450. The van der Waals surface area contributed by atoms with Gasteiger partial charge in [0, 0.05) is 0 Å². The molecule has 0 aromatic carbocycles. The van der Waals surface area contributed by atoms with E-state index in [2.05, 4.69) is 0 Å². The van der Waals surface area contributed by atoms with Crippen LogP contribution in [-0.4, -0.2) is 33.4 Å². The molecule has 0 rings (SSSR count). The summed E-state index contributed by atoms with van der Waals surface area (Å²) in [6, 6.07) is 0. The fourth-order valence-electron chi connectivity index (χ4n) is 0.153. The fourth-order valence-corrected chi connectivity index (χ4v) is 2.39. The molecule has 0 aliphatic rings. The van der Waals surface area contributed by atoms with E-state index >= 15 is 0 Å². The molecular weight excluding hydrogens is 197 g/mol. The van der Waals surface area contributed by atoms with E-state index < -0.39 is 22.4 Å². The summed E-state index contributed by atoms with van der Waals surface area (Å²) in [5, 5.41) is 0.381. The number of hydrogen-bond donors (Lipinski definition) is 2. The van der Waals surface area contributed by atoms with E-state index in [4.69, 9.17) is 10.3 Å². The Morgan fingerprint density at radius 3 is 2.25 bits per heavy atom. The summed E-state index contributed by atoms with van der Waals surface area (Å²) in [5.41, 5.74) is 4.98. The average molecular weight is 204 g/mol. The van der Waals surface area contributed by atoms with Crippen molar-refractivity contribution in [3.63, 3.8) is 0 Å². The first-order valence-electron chi connectivity index (χ1n) is 1.88. The molecule has 0 fully saturated rings. The van der Waals surface area contributed by atoms with Gasteiger partial charge in [-0.15, -0.1) is 0 Å². The van der Waals surface area contributed by atoms with Gasteiger partial charge < -0.3 is 0 Å². The van der Waals surface area contributed by atoms with Crippen LogP contribution in [0.15, 0.2) is 0 Å². The van der Waals surface area contributed by atoms with Gasteiger partial charge in [-0.2, -0.15) is 0 Å². The predicted octanol–water partition coefficient (Wildman–Crippen LogP) is -1.13. The number of hydrogen-bond acceptors (Lipinski definition) is 3. The van der Waals surface area contributed by atoms with Gasteiger partial charge in [0.15, 0.2) is 0 Å². The van der Waals surface area contributed by atoms with Crippen LogP contribution < -0.4 is 5.73 Å². The van der Waals surface area contributed by atoms with Crippen LogP contribution in [-0.2, 0) is 8.54 Å². The van der Waals surface area contributed by atoms with Crippen LogP contribution in [0.1, 0.15) is 0 Å². The van der Waals surface area contributed by atoms with Gasteiger partial charge in [-0.05, 0) is 0 Å². The fraction of sp³-hybridized carbons (Fsp3) is 1.00. The molecule has 4 nitrogen and oxygen atoms in total. The second-order valence-corrected chi connectivity index (χ2v) is 7.12. The van der Waals surface area contributed by atoms with Crippen LogP contribution in [0, 0.1) is 0 Å².